The summed E-state index contributed by atoms with van der Waals surface area (Å²) in [6, 6.07) is 7.11. The molecule has 1 aliphatic heterocycles. The molecule has 0 amide bonds. The topological polar surface area (TPSA) is 73.5 Å². The number of H-pyrrole nitrogens is 1. The molecule has 146 valence electrons. The lowest BCUT2D eigenvalue weighted by Gasteiger charge is -2.33. The van der Waals surface area contributed by atoms with Gasteiger partial charge in [0.05, 0.1) is 22.7 Å². The van der Waals surface area contributed by atoms with E-state index in [1.807, 2.05) is 4.90 Å². The smallest absolute Gasteiger partial charge is 0.359 e. The first-order chi connectivity index (χ1) is 12.7. The van der Waals surface area contributed by atoms with Gasteiger partial charge in [0.15, 0.2) is 5.78 Å². The van der Waals surface area contributed by atoms with Crippen molar-refractivity contribution >= 4 is 15.8 Å². The Hall–Kier alpha value is -2.17. The molecule has 1 aliphatic rings. The van der Waals surface area contributed by atoms with Crippen LogP contribution in [0.3, 0.4) is 0 Å². The molecule has 0 bridgehead atoms. The van der Waals surface area contributed by atoms with Crippen LogP contribution in [0.4, 0.5) is 13.2 Å². The second kappa shape index (κ2) is 7.45. The minimum Gasteiger partial charge on any atom is -0.359 e. The van der Waals surface area contributed by atoms with Crippen LogP contribution in [0.2, 0.25) is 0 Å². The number of sulfonamides is 1. The van der Waals surface area contributed by atoms with Crippen LogP contribution in [0, 0.1) is 0 Å². The fraction of sp³-hybridized carbons (Fsp3) is 0.353. The number of benzene rings is 1. The number of piperazine rings is 1. The summed E-state index contributed by atoms with van der Waals surface area (Å²) < 4.78 is 65.0. The number of Topliss-reactive ketones (excluding diaryl/α,β-unsaturated/α-hetero) is 1. The molecular formula is C17H18F3N3O3S. The van der Waals surface area contributed by atoms with Gasteiger partial charge in [0, 0.05) is 32.4 Å². The number of hydrogen-bond donors (Lipinski definition) is 1. The van der Waals surface area contributed by atoms with Gasteiger partial charge in [-0.05, 0) is 30.3 Å². The first kappa shape index (κ1) is 19.6. The van der Waals surface area contributed by atoms with E-state index in [0.717, 1.165) is 22.5 Å². The molecule has 0 unspecified atom stereocenters. The number of alkyl halides is 3. The van der Waals surface area contributed by atoms with E-state index >= 15 is 0 Å². The second-order valence-corrected chi connectivity index (χ2v) is 8.15. The average Bonchev–Trinajstić information content (AvgIpc) is 3.16. The zero-order valence-electron chi connectivity index (χ0n) is 14.2. The number of nitrogens with one attached hydrogen (secondary N) is 1. The predicted octanol–water partition coefficient (Wildman–Crippen LogP) is 2.22. The minimum absolute atomic E-state index is 0.103. The van der Waals surface area contributed by atoms with Gasteiger partial charge in [-0.1, -0.05) is 6.07 Å². The Labute approximate surface area is 154 Å². The zero-order chi connectivity index (χ0) is 19.7. The maximum absolute atomic E-state index is 12.8. The Balaban J connectivity index is 1.66. The molecule has 0 atom stereocenters. The highest BCUT2D eigenvalue weighted by Crippen LogP contribution is 2.31. The lowest BCUT2D eigenvalue weighted by Crippen LogP contribution is -2.49. The summed E-state index contributed by atoms with van der Waals surface area (Å²) in [7, 11) is -4.02. The highest BCUT2D eigenvalue weighted by Gasteiger charge is 2.34. The summed E-state index contributed by atoms with van der Waals surface area (Å²) in [5, 5.41) is 0. The van der Waals surface area contributed by atoms with Crippen molar-refractivity contribution < 1.29 is 26.4 Å². The van der Waals surface area contributed by atoms with Crippen molar-refractivity contribution in [3.63, 3.8) is 0 Å². The third-order valence-electron chi connectivity index (χ3n) is 4.40. The molecule has 1 fully saturated rings. The zero-order valence-corrected chi connectivity index (χ0v) is 15.1. The molecule has 0 spiro atoms. The predicted molar refractivity (Wildman–Crippen MR) is 91.8 cm³/mol. The monoisotopic (exact) mass is 401 g/mol. The van der Waals surface area contributed by atoms with Gasteiger partial charge >= 0.3 is 6.18 Å². The van der Waals surface area contributed by atoms with Crippen LogP contribution in [0.25, 0.3) is 0 Å². The lowest BCUT2D eigenvalue weighted by atomic mass is 10.2. The molecule has 1 aromatic carbocycles. The molecule has 3 rings (SSSR count). The molecule has 2 aromatic rings. The van der Waals surface area contributed by atoms with Crippen LogP contribution < -0.4 is 0 Å². The van der Waals surface area contributed by atoms with E-state index in [0.29, 0.717) is 24.8 Å². The Kier molecular flexibility index (Phi) is 5.41. The molecule has 1 saturated heterocycles. The number of hydrogen-bond acceptors (Lipinski definition) is 4. The van der Waals surface area contributed by atoms with E-state index in [2.05, 4.69) is 4.98 Å². The third kappa shape index (κ3) is 4.40. The summed E-state index contributed by atoms with van der Waals surface area (Å²) in [4.78, 5) is 16.4. The van der Waals surface area contributed by atoms with E-state index < -0.39 is 21.8 Å². The average molecular weight is 401 g/mol. The summed E-state index contributed by atoms with van der Waals surface area (Å²) >= 11 is 0. The fourth-order valence-electron chi connectivity index (χ4n) is 2.90. The normalized spacial score (nSPS) is 17.1. The Morgan fingerprint density at radius 1 is 1.07 bits per heavy atom. The Bertz CT molecular complexity index is 903. The largest absolute Gasteiger partial charge is 0.416 e. The summed E-state index contributed by atoms with van der Waals surface area (Å²) in [6.07, 6.45) is -2.96. The molecule has 10 heteroatoms. The Morgan fingerprint density at radius 2 is 1.78 bits per heavy atom. The van der Waals surface area contributed by atoms with Crippen molar-refractivity contribution in [2.24, 2.45) is 0 Å². The van der Waals surface area contributed by atoms with Crippen molar-refractivity contribution in [2.45, 2.75) is 11.1 Å². The third-order valence-corrected chi connectivity index (χ3v) is 6.29. The summed E-state index contributed by atoms with van der Waals surface area (Å²) in [5.41, 5.74) is -0.521. The molecule has 1 aromatic heterocycles. The highest BCUT2D eigenvalue weighted by atomic mass is 32.2. The van der Waals surface area contributed by atoms with Crippen molar-refractivity contribution in [1.29, 1.82) is 0 Å². The maximum Gasteiger partial charge on any atom is 0.416 e. The number of nitrogens with zero attached hydrogens (tertiary/aromatic N) is 2. The van der Waals surface area contributed by atoms with Crippen molar-refractivity contribution in [1.82, 2.24) is 14.2 Å². The van der Waals surface area contributed by atoms with E-state index in [1.165, 1.54) is 0 Å². The number of halogens is 3. The van der Waals surface area contributed by atoms with Crippen molar-refractivity contribution in [2.75, 3.05) is 32.7 Å². The molecule has 0 radical (unpaired) electrons. The SMILES string of the molecule is O=C(CN1CCN(S(=O)(=O)c2cccc(C(F)(F)F)c2)CC1)c1ccc[nH]1. The molecule has 1 N–H and O–H groups in total. The van der Waals surface area contributed by atoms with Gasteiger partial charge in [-0.2, -0.15) is 17.5 Å². The van der Waals surface area contributed by atoms with Crippen molar-refractivity contribution in [3.8, 4) is 0 Å². The van der Waals surface area contributed by atoms with Crippen LogP contribution in [-0.2, 0) is 16.2 Å². The van der Waals surface area contributed by atoms with Gasteiger partial charge in [0.2, 0.25) is 10.0 Å². The molecular weight excluding hydrogens is 383 g/mol. The Morgan fingerprint density at radius 3 is 2.37 bits per heavy atom. The molecule has 27 heavy (non-hydrogen) atoms. The summed E-state index contributed by atoms with van der Waals surface area (Å²) in [6.45, 7) is 1.01. The first-order valence-electron chi connectivity index (χ1n) is 8.24. The lowest BCUT2D eigenvalue weighted by molar-refractivity contribution is -0.137. The fourth-order valence-corrected chi connectivity index (χ4v) is 4.37. The maximum atomic E-state index is 12.8. The molecule has 0 saturated carbocycles. The van der Waals surface area contributed by atoms with Crippen LogP contribution in [-0.4, -0.2) is 61.1 Å². The van der Waals surface area contributed by atoms with Gasteiger partial charge in [0.1, 0.15) is 0 Å². The van der Waals surface area contributed by atoms with E-state index in [-0.39, 0.29) is 30.3 Å². The number of aromatic amines is 1. The number of carbonyl (C=O) groups excluding carboxylic acids is 1. The van der Waals surface area contributed by atoms with Crippen LogP contribution in [0.5, 0.6) is 0 Å². The van der Waals surface area contributed by atoms with Crippen LogP contribution >= 0.6 is 0 Å². The number of aromatic nitrogens is 1. The van der Waals surface area contributed by atoms with E-state index in [1.54, 1.807) is 18.3 Å². The molecule has 0 aliphatic carbocycles. The second-order valence-electron chi connectivity index (χ2n) is 6.21. The first-order valence-corrected chi connectivity index (χ1v) is 9.68. The molecule has 6 nitrogen and oxygen atoms in total. The van der Waals surface area contributed by atoms with Crippen LogP contribution in [0.15, 0.2) is 47.5 Å². The van der Waals surface area contributed by atoms with Crippen LogP contribution in [0.1, 0.15) is 16.1 Å². The summed E-state index contributed by atoms with van der Waals surface area (Å²) in [5.74, 6) is -0.103. The van der Waals surface area contributed by atoms with Gasteiger partial charge < -0.3 is 4.98 Å². The number of rotatable bonds is 5. The van der Waals surface area contributed by atoms with Gasteiger partial charge in [-0.3, -0.25) is 9.69 Å². The quantitative estimate of drug-likeness (QED) is 0.780. The van der Waals surface area contributed by atoms with E-state index in [9.17, 15) is 26.4 Å². The number of ketones is 1. The number of carbonyl (C=O) groups is 1. The highest BCUT2D eigenvalue weighted by molar-refractivity contribution is 7.89. The van der Waals surface area contributed by atoms with Crippen molar-refractivity contribution in [3.05, 3.63) is 53.9 Å². The van der Waals surface area contributed by atoms with Gasteiger partial charge in [-0.15, -0.1) is 0 Å². The van der Waals surface area contributed by atoms with E-state index in [4.69, 9.17) is 0 Å². The van der Waals surface area contributed by atoms with Gasteiger partial charge in [-0.25, -0.2) is 8.42 Å². The minimum atomic E-state index is -4.61. The molecule has 2 heterocycles. The van der Waals surface area contributed by atoms with Gasteiger partial charge in [0.25, 0.3) is 0 Å². The standard InChI is InChI=1S/C17H18F3N3O3S/c18-17(19,20)13-3-1-4-14(11-13)27(25,26)23-9-7-22(8-10-23)12-16(24)15-5-2-6-21-15/h1-6,11,21H,7-10,12H2.